The van der Waals surface area contributed by atoms with E-state index in [1.54, 1.807) is 19.4 Å². The fourth-order valence-electron chi connectivity index (χ4n) is 3.18. The van der Waals surface area contributed by atoms with Crippen LogP contribution in [0.15, 0.2) is 29.5 Å². The third kappa shape index (κ3) is 5.31. The van der Waals surface area contributed by atoms with Gasteiger partial charge >= 0.3 is 0 Å². The van der Waals surface area contributed by atoms with E-state index in [2.05, 4.69) is 39.6 Å². The highest BCUT2D eigenvalue weighted by atomic mass is 127. The zero-order valence-electron chi connectivity index (χ0n) is 15.7. The van der Waals surface area contributed by atoms with Gasteiger partial charge in [0, 0.05) is 36.5 Å². The standard InChI is InChI=1S/C18H24ClFN6.HI/c1-18(2,14-6-4-12(20)8-15(14)19)10-22-17(21-3)25-13-5-7-16-23-11-24-26(16)9-13;/h4,6,8,11,13H,5,7,9-10H2,1-3H3,(H2,21,22,25);1H. The first-order valence-corrected chi connectivity index (χ1v) is 9.06. The largest absolute Gasteiger partial charge is 0.356 e. The van der Waals surface area contributed by atoms with Crippen molar-refractivity contribution in [2.45, 2.75) is 44.7 Å². The summed E-state index contributed by atoms with van der Waals surface area (Å²) in [5.74, 6) is 1.42. The first kappa shape index (κ1) is 21.9. The zero-order valence-corrected chi connectivity index (χ0v) is 18.8. The molecule has 1 unspecified atom stereocenters. The molecule has 0 saturated carbocycles. The van der Waals surface area contributed by atoms with Gasteiger partial charge in [0.2, 0.25) is 0 Å². The van der Waals surface area contributed by atoms with E-state index in [0.717, 1.165) is 36.7 Å². The van der Waals surface area contributed by atoms with Crippen LogP contribution in [0, 0.1) is 5.82 Å². The van der Waals surface area contributed by atoms with Gasteiger partial charge in [0.1, 0.15) is 18.0 Å². The molecule has 2 N–H and O–H groups in total. The van der Waals surface area contributed by atoms with Crippen molar-refractivity contribution in [1.29, 1.82) is 0 Å². The molecule has 1 aliphatic heterocycles. The van der Waals surface area contributed by atoms with Gasteiger partial charge < -0.3 is 10.6 Å². The fraction of sp³-hybridized carbons (Fsp3) is 0.500. The Morgan fingerprint density at radius 2 is 2.22 bits per heavy atom. The highest BCUT2D eigenvalue weighted by Gasteiger charge is 2.25. The van der Waals surface area contributed by atoms with Crippen LogP contribution in [0.5, 0.6) is 0 Å². The summed E-state index contributed by atoms with van der Waals surface area (Å²) in [6.45, 7) is 5.51. The Balaban J connectivity index is 0.00000261. The van der Waals surface area contributed by atoms with Crippen LogP contribution in [0.3, 0.4) is 0 Å². The van der Waals surface area contributed by atoms with Gasteiger partial charge in [-0.25, -0.2) is 14.1 Å². The number of aliphatic imine (C=N–C) groups is 1. The number of hydrogen-bond acceptors (Lipinski definition) is 3. The molecule has 0 radical (unpaired) electrons. The number of guanidine groups is 1. The van der Waals surface area contributed by atoms with E-state index >= 15 is 0 Å². The third-order valence-corrected chi connectivity index (χ3v) is 5.04. The van der Waals surface area contributed by atoms with Gasteiger partial charge in [-0.1, -0.05) is 31.5 Å². The Labute approximate surface area is 181 Å². The van der Waals surface area contributed by atoms with Gasteiger partial charge in [-0.15, -0.1) is 24.0 Å². The van der Waals surface area contributed by atoms with Crippen molar-refractivity contribution in [3.8, 4) is 0 Å². The summed E-state index contributed by atoms with van der Waals surface area (Å²) >= 11 is 6.23. The maximum absolute atomic E-state index is 13.3. The predicted molar refractivity (Wildman–Crippen MR) is 116 cm³/mol. The number of aryl methyl sites for hydroxylation is 1. The van der Waals surface area contributed by atoms with Crippen molar-refractivity contribution in [3.63, 3.8) is 0 Å². The lowest BCUT2D eigenvalue weighted by molar-refractivity contribution is 0.391. The van der Waals surface area contributed by atoms with Crippen LogP contribution in [-0.4, -0.2) is 40.4 Å². The number of nitrogens with zero attached hydrogens (tertiary/aromatic N) is 4. The number of nitrogens with one attached hydrogen (secondary N) is 2. The molecule has 2 aromatic rings. The predicted octanol–water partition coefficient (Wildman–Crippen LogP) is 3.15. The van der Waals surface area contributed by atoms with Crippen molar-refractivity contribution < 1.29 is 4.39 Å². The van der Waals surface area contributed by atoms with Gasteiger partial charge in [-0.05, 0) is 24.1 Å². The molecule has 6 nitrogen and oxygen atoms in total. The molecule has 3 rings (SSSR count). The first-order valence-electron chi connectivity index (χ1n) is 8.68. The van der Waals surface area contributed by atoms with Crippen LogP contribution in [0.1, 0.15) is 31.7 Å². The molecular formula is C18H25ClFIN6. The fourth-order valence-corrected chi connectivity index (χ4v) is 3.60. The zero-order chi connectivity index (χ0) is 18.7. The Bertz CT molecular complexity index is 807. The molecule has 0 spiro atoms. The van der Waals surface area contributed by atoms with E-state index in [1.807, 2.05) is 4.68 Å². The topological polar surface area (TPSA) is 67.1 Å². The van der Waals surface area contributed by atoms with Gasteiger partial charge in [0.15, 0.2) is 5.96 Å². The molecule has 27 heavy (non-hydrogen) atoms. The summed E-state index contributed by atoms with van der Waals surface area (Å²) < 4.78 is 15.2. The van der Waals surface area contributed by atoms with Crippen LogP contribution >= 0.6 is 35.6 Å². The lowest BCUT2D eigenvalue weighted by Gasteiger charge is -2.30. The molecule has 1 aliphatic rings. The molecule has 0 amide bonds. The molecule has 0 fully saturated rings. The van der Waals surface area contributed by atoms with E-state index in [-0.39, 0.29) is 41.3 Å². The number of hydrogen-bond donors (Lipinski definition) is 2. The molecule has 1 aromatic heterocycles. The lowest BCUT2D eigenvalue weighted by atomic mass is 9.84. The van der Waals surface area contributed by atoms with Crippen LogP contribution in [0.4, 0.5) is 4.39 Å². The Morgan fingerprint density at radius 3 is 2.93 bits per heavy atom. The van der Waals surface area contributed by atoms with Crippen molar-refractivity contribution in [2.75, 3.05) is 13.6 Å². The minimum absolute atomic E-state index is 0. The van der Waals surface area contributed by atoms with Crippen LogP contribution in [-0.2, 0) is 18.4 Å². The Hall–Kier alpha value is -1.42. The number of fused-ring (bicyclic) bond motifs is 1. The molecule has 1 aromatic carbocycles. The summed E-state index contributed by atoms with van der Waals surface area (Å²) in [6.07, 6.45) is 3.47. The minimum atomic E-state index is -0.329. The molecule has 9 heteroatoms. The number of halogens is 3. The summed E-state index contributed by atoms with van der Waals surface area (Å²) in [5, 5.41) is 11.5. The summed E-state index contributed by atoms with van der Waals surface area (Å²) in [7, 11) is 1.75. The molecule has 1 atom stereocenters. The van der Waals surface area contributed by atoms with Gasteiger partial charge in [0.05, 0.1) is 6.54 Å². The van der Waals surface area contributed by atoms with Crippen molar-refractivity contribution in [1.82, 2.24) is 25.4 Å². The number of rotatable bonds is 4. The number of benzene rings is 1. The third-order valence-electron chi connectivity index (χ3n) is 4.73. The second-order valence-electron chi connectivity index (χ2n) is 7.17. The maximum Gasteiger partial charge on any atom is 0.191 e. The Kier molecular flexibility index (Phi) is 7.44. The quantitative estimate of drug-likeness (QED) is 0.380. The van der Waals surface area contributed by atoms with Crippen molar-refractivity contribution in [2.24, 2.45) is 4.99 Å². The Morgan fingerprint density at radius 1 is 1.44 bits per heavy atom. The first-order chi connectivity index (χ1) is 12.4. The average Bonchev–Trinajstić information content (AvgIpc) is 3.06. The summed E-state index contributed by atoms with van der Waals surface area (Å²) in [5.41, 5.74) is 0.613. The average molecular weight is 507 g/mol. The molecule has 0 aliphatic carbocycles. The minimum Gasteiger partial charge on any atom is -0.356 e. The molecule has 2 heterocycles. The monoisotopic (exact) mass is 506 g/mol. The van der Waals surface area contributed by atoms with Crippen molar-refractivity contribution in [3.05, 3.63) is 46.8 Å². The second-order valence-corrected chi connectivity index (χ2v) is 7.58. The van der Waals surface area contributed by atoms with Crippen LogP contribution in [0.2, 0.25) is 5.02 Å². The van der Waals surface area contributed by atoms with E-state index in [1.165, 1.54) is 12.1 Å². The highest BCUT2D eigenvalue weighted by molar-refractivity contribution is 14.0. The van der Waals surface area contributed by atoms with Gasteiger partial charge in [-0.2, -0.15) is 5.10 Å². The smallest absolute Gasteiger partial charge is 0.191 e. The summed E-state index contributed by atoms with van der Waals surface area (Å²) in [6, 6.07) is 4.77. The van der Waals surface area contributed by atoms with Gasteiger partial charge in [-0.3, -0.25) is 4.99 Å². The van der Waals surface area contributed by atoms with E-state index in [4.69, 9.17) is 11.6 Å². The molecular weight excluding hydrogens is 482 g/mol. The SMILES string of the molecule is CN=C(NCC(C)(C)c1ccc(F)cc1Cl)NC1CCc2ncnn2C1.I. The molecule has 0 bridgehead atoms. The second kappa shape index (κ2) is 9.18. The van der Waals surface area contributed by atoms with Crippen molar-refractivity contribution >= 4 is 41.5 Å². The maximum atomic E-state index is 13.3. The lowest BCUT2D eigenvalue weighted by Crippen LogP contribution is -2.49. The highest BCUT2D eigenvalue weighted by Crippen LogP contribution is 2.29. The normalized spacial score (nSPS) is 17.1. The van der Waals surface area contributed by atoms with E-state index < -0.39 is 0 Å². The molecule has 0 saturated heterocycles. The number of aromatic nitrogens is 3. The van der Waals surface area contributed by atoms with E-state index in [0.29, 0.717) is 11.6 Å². The van der Waals surface area contributed by atoms with Gasteiger partial charge in [0.25, 0.3) is 0 Å². The molecule has 148 valence electrons. The van der Waals surface area contributed by atoms with Crippen LogP contribution in [0.25, 0.3) is 0 Å². The summed E-state index contributed by atoms with van der Waals surface area (Å²) in [4.78, 5) is 8.56. The van der Waals surface area contributed by atoms with Crippen LogP contribution < -0.4 is 10.6 Å². The van der Waals surface area contributed by atoms with E-state index in [9.17, 15) is 4.39 Å².